The molecule has 6 rings (SSSR count). The van der Waals surface area contributed by atoms with E-state index in [0.717, 1.165) is 63.4 Å². The summed E-state index contributed by atoms with van der Waals surface area (Å²) in [4.78, 5) is 11.8. The molecule has 0 aromatic rings. The molecule has 5 fully saturated rings. The highest BCUT2D eigenvalue weighted by molar-refractivity contribution is 5.85. The zero-order valence-electron chi connectivity index (χ0n) is 22.5. The van der Waals surface area contributed by atoms with E-state index in [1.54, 1.807) is 13.0 Å². The molecule has 208 valence electrons. The van der Waals surface area contributed by atoms with E-state index >= 15 is 0 Å². The smallest absolute Gasteiger partial charge is 0.331 e. The molecule has 1 saturated heterocycles. The predicted octanol–water partition coefficient (Wildman–Crippen LogP) is 2.42. The lowest BCUT2D eigenvalue weighted by atomic mass is 9.43. The van der Waals surface area contributed by atoms with Gasteiger partial charge in [-0.1, -0.05) is 13.8 Å². The lowest BCUT2D eigenvalue weighted by Crippen LogP contribution is -2.63. The maximum absolute atomic E-state index is 12.4. The molecule has 5 N–H and O–H groups in total. The van der Waals surface area contributed by atoms with Crippen molar-refractivity contribution in [3.05, 3.63) is 11.6 Å². The first-order chi connectivity index (χ1) is 17.5. The molecule has 0 amide bonds. The Hall–Kier alpha value is -1.03. The number of cyclic esters (lactones) is 1. The van der Waals surface area contributed by atoms with Crippen molar-refractivity contribution in [3.8, 4) is 0 Å². The molecule has 6 aliphatic rings. The Bertz CT molecular complexity index is 957. The average Bonchev–Trinajstić information content (AvgIpc) is 3.41. The number of aliphatic hydroxyl groups is 3. The van der Waals surface area contributed by atoms with Crippen LogP contribution in [0.25, 0.3) is 0 Å². The van der Waals surface area contributed by atoms with E-state index in [2.05, 4.69) is 13.8 Å². The maximum Gasteiger partial charge on any atom is 0.331 e. The standard InChI is InChI=1S/C29H45NO7/c1-15-23(30)24(32)25(33)26(36-15)37-18-6-9-27(2)17(13-18)4-5-21-20(27)7-10-28(3)19(8-11-29(21,28)34)16-12-22(31)35-14-16/h12,15,17-21,23-26,32-34H,4-11,13-14,30H2,1-3H3/t15?,17-,18-,19?,20?,21+,23?,24-,25-,26?,27?,28?,29?/m0/s1. The van der Waals surface area contributed by atoms with Crippen LogP contribution in [0.15, 0.2) is 11.6 Å². The first-order valence-corrected chi connectivity index (χ1v) is 14.5. The second-order valence-corrected chi connectivity index (χ2v) is 13.6. The fourth-order valence-corrected chi connectivity index (χ4v) is 9.85. The van der Waals surface area contributed by atoms with Crippen molar-refractivity contribution in [3.63, 3.8) is 0 Å². The van der Waals surface area contributed by atoms with Crippen LogP contribution in [0.1, 0.15) is 78.6 Å². The van der Waals surface area contributed by atoms with Crippen LogP contribution >= 0.6 is 0 Å². The van der Waals surface area contributed by atoms with Crippen molar-refractivity contribution in [2.45, 2.75) is 121 Å². The van der Waals surface area contributed by atoms with Crippen molar-refractivity contribution in [2.75, 3.05) is 6.61 Å². The number of hydrogen-bond donors (Lipinski definition) is 4. The minimum Gasteiger partial charge on any atom is -0.458 e. The van der Waals surface area contributed by atoms with E-state index in [1.165, 1.54) is 0 Å². The quantitative estimate of drug-likeness (QED) is 0.330. The summed E-state index contributed by atoms with van der Waals surface area (Å²) >= 11 is 0. The molecule has 4 aliphatic carbocycles. The summed E-state index contributed by atoms with van der Waals surface area (Å²) < 4.78 is 17.3. The van der Waals surface area contributed by atoms with Gasteiger partial charge in [-0.3, -0.25) is 0 Å². The van der Waals surface area contributed by atoms with Crippen LogP contribution in [0.5, 0.6) is 0 Å². The molecule has 0 aromatic carbocycles. The lowest BCUT2D eigenvalue weighted by Gasteiger charge is -2.64. The van der Waals surface area contributed by atoms with E-state index in [0.29, 0.717) is 18.4 Å². The largest absolute Gasteiger partial charge is 0.458 e. The molecule has 4 saturated carbocycles. The van der Waals surface area contributed by atoms with Crippen molar-refractivity contribution in [2.24, 2.45) is 40.2 Å². The van der Waals surface area contributed by atoms with E-state index < -0.39 is 30.1 Å². The Kier molecular flexibility index (Phi) is 6.37. The van der Waals surface area contributed by atoms with Crippen molar-refractivity contribution in [1.82, 2.24) is 0 Å². The van der Waals surface area contributed by atoms with Gasteiger partial charge in [0, 0.05) is 11.5 Å². The number of carbonyl (C=O) groups is 1. The Morgan fingerprint density at radius 2 is 1.81 bits per heavy atom. The minimum absolute atomic E-state index is 0.0253. The second kappa shape index (κ2) is 9.00. The van der Waals surface area contributed by atoms with Crippen LogP contribution in [0, 0.1) is 34.5 Å². The molecule has 0 bridgehead atoms. The topological polar surface area (TPSA) is 131 Å². The zero-order valence-corrected chi connectivity index (χ0v) is 22.5. The Morgan fingerprint density at radius 1 is 1.03 bits per heavy atom. The van der Waals surface area contributed by atoms with Crippen LogP contribution in [-0.4, -0.2) is 70.2 Å². The van der Waals surface area contributed by atoms with Gasteiger partial charge in [0.15, 0.2) is 6.29 Å². The van der Waals surface area contributed by atoms with Crippen molar-refractivity contribution in [1.29, 1.82) is 0 Å². The zero-order chi connectivity index (χ0) is 26.3. The maximum atomic E-state index is 12.4. The summed E-state index contributed by atoms with van der Waals surface area (Å²) in [5.74, 6) is 1.21. The summed E-state index contributed by atoms with van der Waals surface area (Å²) in [6.07, 6.45) is 6.88. The van der Waals surface area contributed by atoms with Gasteiger partial charge >= 0.3 is 5.97 Å². The third kappa shape index (κ3) is 3.80. The monoisotopic (exact) mass is 519 g/mol. The predicted molar refractivity (Wildman–Crippen MR) is 135 cm³/mol. The highest BCUT2D eigenvalue weighted by Crippen LogP contribution is 2.70. The molecule has 8 nitrogen and oxygen atoms in total. The molecule has 8 heteroatoms. The number of rotatable bonds is 3. The van der Waals surface area contributed by atoms with Gasteiger partial charge in [-0.25, -0.2) is 4.79 Å². The third-order valence-corrected chi connectivity index (χ3v) is 12.2. The van der Waals surface area contributed by atoms with Crippen LogP contribution in [0.4, 0.5) is 0 Å². The summed E-state index contributed by atoms with van der Waals surface area (Å²) in [5, 5.41) is 33.2. The van der Waals surface area contributed by atoms with E-state index in [-0.39, 0.29) is 40.8 Å². The molecular formula is C29H45NO7. The fraction of sp³-hybridized carbons (Fsp3) is 0.897. The summed E-state index contributed by atoms with van der Waals surface area (Å²) in [6.45, 7) is 6.89. The Labute approximate surface area is 219 Å². The van der Waals surface area contributed by atoms with Gasteiger partial charge in [-0.15, -0.1) is 0 Å². The van der Waals surface area contributed by atoms with Gasteiger partial charge in [0.25, 0.3) is 0 Å². The van der Waals surface area contributed by atoms with Gasteiger partial charge < -0.3 is 35.3 Å². The summed E-state index contributed by atoms with van der Waals surface area (Å²) in [6, 6.07) is -0.629. The van der Waals surface area contributed by atoms with Crippen molar-refractivity contribution >= 4 is 5.97 Å². The normalized spacial score (nSPS) is 55.6. The molecule has 13 atom stereocenters. The first-order valence-electron chi connectivity index (χ1n) is 14.5. The molecule has 8 unspecified atom stereocenters. The van der Waals surface area contributed by atoms with Crippen LogP contribution in [0.3, 0.4) is 0 Å². The second-order valence-electron chi connectivity index (χ2n) is 13.6. The fourth-order valence-electron chi connectivity index (χ4n) is 9.85. The number of hydrogen-bond acceptors (Lipinski definition) is 8. The van der Waals surface area contributed by atoms with Gasteiger partial charge in [0.05, 0.1) is 23.9 Å². The van der Waals surface area contributed by atoms with Crippen molar-refractivity contribution < 1.29 is 34.3 Å². The molecule has 2 heterocycles. The first kappa shape index (κ1) is 26.2. The summed E-state index contributed by atoms with van der Waals surface area (Å²) in [7, 11) is 0. The van der Waals surface area contributed by atoms with Gasteiger partial charge in [0.2, 0.25) is 0 Å². The molecule has 37 heavy (non-hydrogen) atoms. The van der Waals surface area contributed by atoms with Crippen LogP contribution in [-0.2, 0) is 19.0 Å². The number of fused-ring (bicyclic) bond motifs is 5. The van der Waals surface area contributed by atoms with E-state index in [9.17, 15) is 20.1 Å². The molecule has 0 aromatic heterocycles. The van der Waals surface area contributed by atoms with Gasteiger partial charge in [-0.05, 0) is 99.4 Å². The Morgan fingerprint density at radius 3 is 2.54 bits per heavy atom. The lowest BCUT2D eigenvalue weighted by molar-refractivity contribution is -0.291. The summed E-state index contributed by atoms with van der Waals surface area (Å²) in [5.41, 5.74) is 6.24. The minimum atomic E-state index is -1.15. The SMILES string of the molecule is CC1OC(O[C@H]2CCC3(C)C4CCC5(C)C(C6=CC(=O)OC6)CCC5(O)[C@@H]4CC[C@H]3C2)[C@@H](O)[C@@H](O)C1N. The van der Waals surface area contributed by atoms with Crippen LogP contribution in [0.2, 0.25) is 0 Å². The third-order valence-electron chi connectivity index (χ3n) is 12.2. The van der Waals surface area contributed by atoms with Gasteiger partial charge in [0.1, 0.15) is 18.8 Å². The highest BCUT2D eigenvalue weighted by Gasteiger charge is 2.67. The van der Waals surface area contributed by atoms with Gasteiger partial charge in [-0.2, -0.15) is 0 Å². The number of nitrogens with two attached hydrogens (primary N) is 1. The average molecular weight is 520 g/mol. The Balaban J connectivity index is 1.16. The van der Waals surface area contributed by atoms with E-state index in [1.807, 2.05) is 0 Å². The molecule has 0 radical (unpaired) electrons. The molecule has 2 aliphatic heterocycles. The number of ether oxygens (including phenoxy) is 3. The number of aliphatic hydroxyl groups excluding tert-OH is 2. The number of carbonyl (C=O) groups excluding carboxylic acids is 1. The van der Waals surface area contributed by atoms with E-state index in [4.69, 9.17) is 19.9 Å². The molecular weight excluding hydrogens is 474 g/mol. The molecule has 0 spiro atoms. The van der Waals surface area contributed by atoms with Crippen LogP contribution < -0.4 is 5.73 Å². The number of esters is 1. The highest BCUT2D eigenvalue weighted by atomic mass is 16.7.